The number of benzene rings is 1. The van der Waals surface area contributed by atoms with Crippen LogP contribution in [0.5, 0.6) is 0 Å². The van der Waals surface area contributed by atoms with Crippen LogP contribution in [0.15, 0.2) is 34.2 Å². The van der Waals surface area contributed by atoms with E-state index in [1.807, 2.05) is 12.1 Å². The standard InChI is InChI=1S/C25H29N3O5S/c1-5-32-24(31)20-14(2)21(26-15(20)3)22(29)16(4)34-25-27-19-11-7-6-10-18(19)23(30)28(25)13-17-9-8-12-33-17/h6-7,10-11,16-17,26H,5,8-9,12-13H2,1-4H3. The van der Waals surface area contributed by atoms with Crippen LogP contribution in [0.1, 0.15) is 58.8 Å². The summed E-state index contributed by atoms with van der Waals surface area (Å²) in [7, 11) is 0. The first-order valence-electron chi connectivity index (χ1n) is 11.5. The van der Waals surface area contributed by atoms with Gasteiger partial charge in [0.15, 0.2) is 10.9 Å². The summed E-state index contributed by atoms with van der Waals surface area (Å²) in [5.41, 5.74) is 2.37. The van der Waals surface area contributed by atoms with Crippen molar-refractivity contribution in [1.82, 2.24) is 14.5 Å². The molecule has 8 nitrogen and oxygen atoms in total. The summed E-state index contributed by atoms with van der Waals surface area (Å²) in [5, 5.41) is 0.473. The Hall–Kier alpha value is -2.91. The minimum absolute atomic E-state index is 0.0496. The number of ether oxygens (including phenoxy) is 2. The highest BCUT2D eigenvalue weighted by Gasteiger charge is 2.28. The Bertz CT molecular complexity index is 1290. The van der Waals surface area contributed by atoms with Crippen molar-refractivity contribution < 1.29 is 19.1 Å². The van der Waals surface area contributed by atoms with Gasteiger partial charge in [-0.25, -0.2) is 9.78 Å². The van der Waals surface area contributed by atoms with E-state index in [-0.39, 0.29) is 24.1 Å². The van der Waals surface area contributed by atoms with Crippen molar-refractivity contribution in [3.8, 4) is 0 Å². The molecule has 1 aliphatic heterocycles. The van der Waals surface area contributed by atoms with E-state index in [4.69, 9.17) is 14.5 Å². The monoisotopic (exact) mass is 483 g/mol. The second-order valence-electron chi connectivity index (χ2n) is 8.43. The van der Waals surface area contributed by atoms with E-state index in [0.29, 0.717) is 51.7 Å². The number of ketones is 1. The van der Waals surface area contributed by atoms with Crippen LogP contribution in [0.25, 0.3) is 10.9 Å². The van der Waals surface area contributed by atoms with Gasteiger partial charge in [0.25, 0.3) is 5.56 Å². The maximum absolute atomic E-state index is 13.4. The molecule has 0 amide bonds. The lowest BCUT2D eigenvalue weighted by Crippen LogP contribution is -2.29. The molecule has 2 unspecified atom stereocenters. The van der Waals surface area contributed by atoms with E-state index in [0.717, 1.165) is 12.8 Å². The van der Waals surface area contributed by atoms with Crippen LogP contribution in [0.2, 0.25) is 0 Å². The topological polar surface area (TPSA) is 103 Å². The molecular formula is C25H29N3O5S. The summed E-state index contributed by atoms with van der Waals surface area (Å²) in [6, 6.07) is 7.22. The van der Waals surface area contributed by atoms with Crippen LogP contribution in [0.4, 0.5) is 0 Å². The minimum Gasteiger partial charge on any atom is -0.462 e. The van der Waals surface area contributed by atoms with Gasteiger partial charge in [-0.1, -0.05) is 23.9 Å². The van der Waals surface area contributed by atoms with Crippen LogP contribution >= 0.6 is 11.8 Å². The molecule has 1 aromatic carbocycles. The summed E-state index contributed by atoms with van der Waals surface area (Å²) in [6.07, 6.45) is 1.80. The molecule has 34 heavy (non-hydrogen) atoms. The summed E-state index contributed by atoms with van der Waals surface area (Å²) in [5.74, 6) is -0.623. The first kappa shape index (κ1) is 24.2. The second-order valence-corrected chi connectivity index (χ2v) is 9.74. The molecule has 3 heterocycles. The Morgan fingerprint density at radius 1 is 1.32 bits per heavy atom. The number of nitrogens with zero attached hydrogens (tertiary/aromatic N) is 2. The molecule has 3 aromatic rings. The number of aromatic amines is 1. The molecule has 0 radical (unpaired) electrons. The normalized spacial score (nSPS) is 16.6. The number of esters is 1. The number of hydrogen-bond acceptors (Lipinski definition) is 7. The molecule has 9 heteroatoms. The van der Waals surface area contributed by atoms with Gasteiger partial charge in [0, 0.05) is 12.3 Å². The number of aryl methyl sites for hydroxylation is 1. The zero-order valence-corrected chi connectivity index (χ0v) is 20.7. The summed E-state index contributed by atoms with van der Waals surface area (Å²) < 4.78 is 12.5. The molecule has 2 aromatic heterocycles. The zero-order valence-electron chi connectivity index (χ0n) is 19.8. The van der Waals surface area contributed by atoms with Gasteiger partial charge in [-0.2, -0.15) is 0 Å². The molecule has 1 saturated heterocycles. The van der Waals surface area contributed by atoms with Crippen molar-refractivity contribution in [2.45, 2.75) is 63.6 Å². The average Bonchev–Trinajstić information content (AvgIpc) is 3.43. The molecule has 0 aliphatic carbocycles. The molecule has 1 N–H and O–H groups in total. The molecular weight excluding hydrogens is 454 g/mol. The lowest BCUT2D eigenvalue weighted by molar-refractivity contribution is 0.0525. The van der Waals surface area contributed by atoms with E-state index >= 15 is 0 Å². The smallest absolute Gasteiger partial charge is 0.340 e. The highest BCUT2D eigenvalue weighted by molar-refractivity contribution is 8.00. The third-order valence-corrected chi connectivity index (χ3v) is 7.14. The fourth-order valence-corrected chi connectivity index (χ4v) is 5.29. The summed E-state index contributed by atoms with van der Waals surface area (Å²) in [6.45, 7) is 8.35. The molecule has 180 valence electrons. The molecule has 1 aliphatic rings. The van der Waals surface area contributed by atoms with Crippen LogP contribution in [-0.4, -0.2) is 50.9 Å². The Morgan fingerprint density at radius 3 is 2.79 bits per heavy atom. The molecule has 2 atom stereocenters. The van der Waals surface area contributed by atoms with E-state index in [1.165, 1.54) is 11.8 Å². The highest BCUT2D eigenvalue weighted by atomic mass is 32.2. The molecule has 0 bridgehead atoms. The van der Waals surface area contributed by atoms with Crippen molar-refractivity contribution in [1.29, 1.82) is 0 Å². The Morgan fingerprint density at radius 2 is 2.09 bits per heavy atom. The predicted octanol–water partition coefficient (Wildman–Crippen LogP) is 4.06. The maximum atomic E-state index is 13.4. The molecule has 4 rings (SSSR count). The fourth-order valence-electron chi connectivity index (χ4n) is 4.31. The van der Waals surface area contributed by atoms with Gasteiger partial charge in [-0.05, 0) is 58.2 Å². The summed E-state index contributed by atoms with van der Waals surface area (Å²) >= 11 is 1.24. The Labute approximate surface area is 202 Å². The number of Topliss-reactive ketones (excluding diaryl/α,β-unsaturated/α-hetero) is 1. The van der Waals surface area contributed by atoms with E-state index in [1.54, 1.807) is 44.4 Å². The number of aromatic nitrogens is 3. The lowest BCUT2D eigenvalue weighted by atomic mass is 10.1. The zero-order chi connectivity index (χ0) is 24.4. The van der Waals surface area contributed by atoms with Crippen molar-refractivity contribution >= 4 is 34.4 Å². The third-order valence-electron chi connectivity index (χ3n) is 6.05. The Kier molecular flexibility index (Phi) is 7.23. The lowest BCUT2D eigenvalue weighted by Gasteiger charge is -2.18. The van der Waals surface area contributed by atoms with Crippen LogP contribution in [0, 0.1) is 13.8 Å². The summed E-state index contributed by atoms with van der Waals surface area (Å²) in [4.78, 5) is 46.8. The number of carbonyl (C=O) groups excluding carboxylic acids is 2. The third kappa shape index (κ3) is 4.67. The number of H-pyrrole nitrogens is 1. The second kappa shape index (κ2) is 10.1. The first-order valence-corrected chi connectivity index (χ1v) is 12.4. The van der Waals surface area contributed by atoms with E-state index in [2.05, 4.69) is 4.98 Å². The van der Waals surface area contributed by atoms with Crippen LogP contribution in [-0.2, 0) is 16.0 Å². The minimum atomic E-state index is -0.546. The van der Waals surface area contributed by atoms with E-state index in [9.17, 15) is 14.4 Å². The molecule has 0 spiro atoms. The van der Waals surface area contributed by atoms with Gasteiger partial charge in [0.05, 0.1) is 46.7 Å². The average molecular weight is 484 g/mol. The number of rotatable bonds is 8. The highest BCUT2D eigenvalue weighted by Crippen LogP contribution is 2.28. The van der Waals surface area contributed by atoms with Gasteiger partial charge in [0.1, 0.15) is 0 Å². The van der Waals surface area contributed by atoms with Gasteiger partial charge in [0.2, 0.25) is 0 Å². The maximum Gasteiger partial charge on any atom is 0.340 e. The SMILES string of the molecule is CCOC(=O)c1c(C)[nH]c(C(=O)C(C)Sc2nc3ccccc3c(=O)n2CC2CCCO2)c1C. The van der Waals surface area contributed by atoms with E-state index < -0.39 is 11.2 Å². The molecule has 0 saturated carbocycles. The van der Waals surface area contributed by atoms with Crippen LogP contribution < -0.4 is 5.56 Å². The fraction of sp³-hybridized carbons (Fsp3) is 0.440. The number of hydrogen-bond donors (Lipinski definition) is 1. The van der Waals surface area contributed by atoms with Crippen LogP contribution in [0.3, 0.4) is 0 Å². The van der Waals surface area contributed by atoms with Crippen molar-refractivity contribution in [3.05, 3.63) is 57.1 Å². The molecule has 1 fully saturated rings. The van der Waals surface area contributed by atoms with Crippen molar-refractivity contribution in [2.24, 2.45) is 0 Å². The van der Waals surface area contributed by atoms with Gasteiger partial charge >= 0.3 is 5.97 Å². The Balaban J connectivity index is 1.67. The number of para-hydroxylation sites is 1. The number of carbonyl (C=O) groups is 2. The van der Waals surface area contributed by atoms with Gasteiger partial charge in [-0.3, -0.25) is 14.2 Å². The number of fused-ring (bicyclic) bond motifs is 1. The van der Waals surface area contributed by atoms with Gasteiger partial charge in [-0.15, -0.1) is 0 Å². The van der Waals surface area contributed by atoms with Gasteiger partial charge < -0.3 is 14.5 Å². The van der Waals surface area contributed by atoms with Crippen molar-refractivity contribution in [2.75, 3.05) is 13.2 Å². The number of nitrogens with one attached hydrogen (secondary N) is 1. The first-order chi connectivity index (χ1) is 16.3. The predicted molar refractivity (Wildman–Crippen MR) is 131 cm³/mol. The largest absolute Gasteiger partial charge is 0.462 e. The quantitative estimate of drug-likeness (QED) is 0.223. The van der Waals surface area contributed by atoms with Crippen molar-refractivity contribution in [3.63, 3.8) is 0 Å². The number of thioether (sulfide) groups is 1.